The Labute approximate surface area is 164 Å². The predicted octanol–water partition coefficient (Wildman–Crippen LogP) is 3.93. The quantitative estimate of drug-likeness (QED) is 0.608. The van der Waals surface area contributed by atoms with Gasteiger partial charge in [0.25, 0.3) is 5.22 Å². The smallest absolute Gasteiger partial charge is 0.325 e. The number of imide groups is 1. The Hall–Kier alpha value is -3.33. The number of ether oxygens (including phenoxy) is 1. The van der Waals surface area contributed by atoms with Crippen LogP contribution in [-0.4, -0.2) is 29.8 Å². The Kier molecular flexibility index (Phi) is 6.28. The van der Waals surface area contributed by atoms with Gasteiger partial charge >= 0.3 is 6.03 Å². The fourth-order valence-electron chi connectivity index (χ4n) is 2.20. The highest BCUT2D eigenvalue weighted by Gasteiger charge is 2.12. The van der Waals surface area contributed by atoms with Crippen LogP contribution >= 0.6 is 11.8 Å². The third-order valence-corrected chi connectivity index (χ3v) is 4.38. The lowest BCUT2D eigenvalue weighted by atomic mass is 10.2. The van der Waals surface area contributed by atoms with E-state index in [-0.39, 0.29) is 16.8 Å². The second kappa shape index (κ2) is 9.05. The van der Waals surface area contributed by atoms with Crippen LogP contribution in [-0.2, 0) is 4.79 Å². The Balaban J connectivity index is 1.47. The maximum Gasteiger partial charge on any atom is 0.325 e. The van der Waals surface area contributed by atoms with E-state index in [9.17, 15) is 14.0 Å². The molecule has 144 valence electrons. The Morgan fingerprint density at radius 2 is 1.86 bits per heavy atom. The summed E-state index contributed by atoms with van der Waals surface area (Å²) in [6, 6.07) is 11.8. The van der Waals surface area contributed by atoms with Crippen molar-refractivity contribution >= 4 is 29.4 Å². The molecule has 7 nitrogen and oxygen atoms in total. The van der Waals surface area contributed by atoms with Gasteiger partial charge in [-0.1, -0.05) is 11.8 Å². The molecule has 0 radical (unpaired) electrons. The summed E-state index contributed by atoms with van der Waals surface area (Å²) in [5.74, 6) is 0.212. The number of thioether (sulfide) groups is 1. The lowest BCUT2D eigenvalue weighted by Gasteiger charge is -2.07. The number of halogens is 1. The molecule has 0 atom stereocenters. The van der Waals surface area contributed by atoms with Gasteiger partial charge in [-0.2, -0.15) is 0 Å². The summed E-state index contributed by atoms with van der Waals surface area (Å²) >= 11 is 1.04. The monoisotopic (exact) mass is 401 g/mol. The van der Waals surface area contributed by atoms with Gasteiger partial charge in [0.1, 0.15) is 11.6 Å². The van der Waals surface area contributed by atoms with Gasteiger partial charge in [-0.25, -0.2) is 14.2 Å². The molecule has 3 amide bonds. The first kappa shape index (κ1) is 19.4. The number of aromatic nitrogens is 1. The number of hydrogen-bond donors (Lipinski definition) is 2. The highest BCUT2D eigenvalue weighted by atomic mass is 32.2. The number of carbonyl (C=O) groups is 2. The molecule has 3 rings (SSSR count). The SMILES string of the molecule is COc1ccc(NC(=O)NC(=O)CSc2ncc(-c3ccc(F)cc3)o2)cc1. The van der Waals surface area contributed by atoms with Gasteiger partial charge < -0.3 is 14.5 Å². The van der Waals surface area contributed by atoms with Crippen LogP contribution in [0.1, 0.15) is 0 Å². The van der Waals surface area contributed by atoms with Crippen LogP contribution in [0.4, 0.5) is 14.9 Å². The zero-order chi connectivity index (χ0) is 19.9. The van der Waals surface area contributed by atoms with E-state index in [0.29, 0.717) is 22.8 Å². The van der Waals surface area contributed by atoms with Crippen LogP contribution in [0, 0.1) is 5.82 Å². The second-order valence-electron chi connectivity index (χ2n) is 5.52. The zero-order valence-corrected chi connectivity index (χ0v) is 15.6. The van der Waals surface area contributed by atoms with Crippen LogP contribution in [0.5, 0.6) is 5.75 Å². The number of urea groups is 1. The largest absolute Gasteiger partial charge is 0.497 e. The molecule has 0 aliphatic heterocycles. The minimum atomic E-state index is -0.643. The van der Waals surface area contributed by atoms with Crippen molar-refractivity contribution in [2.75, 3.05) is 18.2 Å². The van der Waals surface area contributed by atoms with E-state index in [0.717, 1.165) is 11.8 Å². The Morgan fingerprint density at radius 1 is 1.14 bits per heavy atom. The fourth-order valence-corrected chi connectivity index (χ4v) is 2.80. The maximum absolute atomic E-state index is 13.0. The number of rotatable bonds is 6. The first-order chi connectivity index (χ1) is 13.5. The number of amides is 3. The zero-order valence-electron chi connectivity index (χ0n) is 14.8. The summed E-state index contributed by atoms with van der Waals surface area (Å²) in [6.45, 7) is 0. The van der Waals surface area contributed by atoms with Gasteiger partial charge in [-0.05, 0) is 48.5 Å². The van der Waals surface area contributed by atoms with Crippen molar-refractivity contribution in [3.8, 4) is 17.1 Å². The molecule has 0 saturated carbocycles. The van der Waals surface area contributed by atoms with Crippen molar-refractivity contribution < 1.29 is 23.1 Å². The average Bonchev–Trinajstić information content (AvgIpc) is 3.16. The van der Waals surface area contributed by atoms with Crippen LogP contribution < -0.4 is 15.4 Å². The second-order valence-corrected chi connectivity index (χ2v) is 6.44. The van der Waals surface area contributed by atoms with Crippen LogP contribution in [0.15, 0.2) is 64.4 Å². The molecule has 0 saturated heterocycles. The summed E-state index contributed by atoms with van der Waals surface area (Å²) < 4.78 is 23.5. The molecule has 28 heavy (non-hydrogen) atoms. The van der Waals surface area contributed by atoms with Gasteiger partial charge in [0.05, 0.1) is 19.1 Å². The summed E-state index contributed by atoms with van der Waals surface area (Å²) in [7, 11) is 1.54. The normalized spacial score (nSPS) is 10.4. The van der Waals surface area contributed by atoms with Gasteiger partial charge in [-0.3, -0.25) is 10.1 Å². The van der Waals surface area contributed by atoms with Crippen molar-refractivity contribution in [3.63, 3.8) is 0 Å². The van der Waals surface area contributed by atoms with Gasteiger partial charge in [0.15, 0.2) is 5.76 Å². The van der Waals surface area contributed by atoms with Crippen molar-refractivity contribution in [3.05, 3.63) is 60.5 Å². The van der Waals surface area contributed by atoms with E-state index in [2.05, 4.69) is 15.6 Å². The van der Waals surface area contributed by atoms with Gasteiger partial charge in [-0.15, -0.1) is 0 Å². The predicted molar refractivity (Wildman–Crippen MR) is 103 cm³/mol. The van der Waals surface area contributed by atoms with Gasteiger partial charge in [0.2, 0.25) is 5.91 Å². The number of carbonyl (C=O) groups excluding carboxylic acids is 2. The minimum absolute atomic E-state index is 0.0561. The Morgan fingerprint density at radius 3 is 2.54 bits per heavy atom. The molecule has 0 aliphatic rings. The summed E-state index contributed by atoms with van der Waals surface area (Å²) in [5.41, 5.74) is 1.19. The van der Waals surface area contributed by atoms with E-state index in [1.54, 1.807) is 43.5 Å². The standard InChI is InChI=1S/C19H16FN3O4S/c1-26-15-8-6-14(7-9-15)22-18(25)23-17(24)11-28-19-21-10-16(27-19)12-2-4-13(20)5-3-12/h2-10H,11H2,1H3,(H2,22,23,24,25). The molecule has 2 N–H and O–H groups in total. The van der Waals surface area contributed by atoms with E-state index in [1.807, 2.05) is 0 Å². The molecule has 1 aromatic heterocycles. The third-order valence-electron chi connectivity index (χ3n) is 3.54. The van der Waals surface area contributed by atoms with Crippen LogP contribution in [0.3, 0.4) is 0 Å². The number of anilines is 1. The summed E-state index contributed by atoms with van der Waals surface area (Å²) in [6.07, 6.45) is 1.49. The maximum atomic E-state index is 13.0. The molecule has 9 heteroatoms. The molecule has 1 heterocycles. The number of nitrogens with zero attached hydrogens (tertiary/aromatic N) is 1. The first-order valence-corrected chi connectivity index (χ1v) is 9.11. The van der Waals surface area contributed by atoms with Crippen molar-refractivity contribution in [1.29, 1.82) is 0 Å². The molecule has 3 aromatic rings. The topological polar surface area (TPSA) is 93.5 Å². The third kappa shape index (κ3) is 5.34. The number of benzene rings is 2. The molecular formula is C19H16FN3O4S. The van der Waals surface area contributed by atoms with Crippen molar-refractivity contribution in [2.45, 2.75) is 5.22 Å². The van der Waals surface area contributed by atoms with E-state index in [1.165, 1.54) is 18.3 Å². The van der Waals surface area contributed by atoms with Crippen LogP contribution in [0.25, 0.3) is 11.3 Å². The van der Waals surface area contributed by atoms with Gasteiger partial charge in [0, 0.05) is 11.3 Å². The molecule has 0 spiro atoms. The number of methoxy groups -OCH3 is 1. The Bertz CT molecular complexity index is 958. The molecule has 0 unspecified atom stereocenters. The highest BCUT2D eigenvalue weighted by molar-refractivity contribution is 7.99. The van der Waals surface area contributed by atoms with E-state index < -0.39 is 11.9 Å². The lowest BCUT2D eigenvalue weighted by molar-refractivity contribution is -0.117. The fraction of sp³-hybridized carbons (Fsp3) is 0.105. The molecular weight excluding hydrogens is 385 g/mol. The lowest BCUT2D eigenvalue weighted by Crippen LogP contribution is -2.35. The number of oxazole rings is 1. The van der Waals surface area contributed by atoms with E-state index in [4.69, 9.17) is 9.15 Å². The molecule has 2 aromatic carbocycles. The first-order valence-electron chi connectivity index (χ1n) is 8.13. The number of hydrogen-bond acceptors (Lipinski definition) is 6. The average molecular weight is 401 g/mol. The van der Waals surface area contributed by atoms with E-state index >= 15 is 0 Å². The molecule has 0 bridgehead atoms. The molecule has 0 fully saturated rings. The summed E-state index contributed by atoms with van der Waals surface area (Å²) in [5, 5.41) is 5.04. The summed E-state index contributed by atoms with van der Waals surface area (Å²) in [4.78, 5) is 27.8. The number of nitrogens with one attached hydrogen (secondary N) is 2. The van der Waals surface area contributed by atoms with Crippen molar-refractivity contribution in [2.24, 2.45) is 0 Å². The molecule has 0 aliphatic carbocycles. The van der Waals surface area contributed by atoms with Crippen LogP contribution in [0.2, 0.25) is 0 Å². The minimum Gasteiger partial charge on any atom is -0.497 e. The van der Waals surface area contributed by atoms with Crippen molar-refractivity contribution in [1.82, 2.24) is 10.3 Å². The highest BCUT2D eigenvalue weighted by Crippen LogP contribution is 2.25.